The van der Waals surface area contributed by atoms with E-state index in [2.05, 4.69) is 10.6 Å². The minimum Gasteiger partial charge on any atom is -0.497 e. The highest BCUT2D eigenvalue weighted by Gasteiger charge is 2.19. The second kappa shape index (κ2) is 10.8. The number of amides is 2. The van der Waals surface area contributed by atoms with Crippen molar-refractivity contribution in [2.75, 3.05) is 44.5 Å². The van der Waals surface area contributed by atoms with Gasteiger partial charge in [0, 0.05) is 5.69 Å². The first-order valence-corrected chi connectivity index (χ1v) is 9.14. The molecule has 0 aliphatic carbocycles. The van der Waals surface area contributed by atoms with Gasteiger partial charge in [0.15, 0.2) is 0 Å². The van der Waals surface area contributed by atoms with Crippen molar-refractivity contribution in [3.8, 4) is 11.5 Å². The molecule has 0 spiro atoms. The maximum atomic E-state index is 12.4. The van der Waals surface area contributed by atoms with Crippen molar-refractivity contribution < 1.29 is 24.0 Å². The van der Waals surface area contributed by atoms with Crippen LogP contribution in [0.3, 0.4) is 0 Å². The Morgan fingerprint density at radius 1 is 0.967 bits per heavy atom. The molecule has 2 amide bonds. The smallest absolute Gasteiger partial charge is 0.296 e. The molecule has 0 aromatic heterocycles. The van der Waals surface area contributed by atoms with Crippen molar-refractivity contribution in [3.05, 3.63) is 52.6 Å². The Hall–Kier alpha value is -3.66. The zero-order valence-electron chi connectivity index (χ0n) is 17.0. The number of likely N-dealkylation sites (N-methyl/N-ethyl adjacent to an activating group) is 1. The number of anilines is 2. The molecule has 0 aliphatic rings. The molecule has 0 heterocycles. The van der Waals surface area contributed by atoms with E-state index in [1.54, 1.807) is 36.3 Å². The van der Waals surface area contributed by atoms with Gasteiger partial charge in [0.2, 0.25) is 11.8 Å². The fourth-order valence-corrected chi connectivity index (χ4v) is 2.65. The summed E-state index contributed by atoms with van der Waals surface area (Å²) in [6, 6.07) is 11.0. The van der Waals surface area contributed by atoms with Gasteiger partial charge in [0.05, 0.1) is 38.3 Å². The zero-order chi connectivity index (χ0) is 22.1. The van der Waals surface area contributed by atoms with Crippen molar-refractivity contribution in [1.82, 2.24) is 4.90 Å². The number of nitro benzene ring substituents is 1. The number of nitro groups is 1. The molecule has 0 atom stereocenters. The molecule has 160 valence electrons. The Balaban J connectivity index is 1.95. The lowest BCUT2D eigenvalue weighted by Gasteiger charge is -2.19. The van der Waals surface area contributed by atoms with Gasteiger partial charge in [-0.15, -0.1) is 0 Å². The summed E-state index contributed by atoms with van der Waals surface area (Å²) in [4.78, 5) is 36.9. The Morgan fingerprint density at radius 3 is 2.07 bits per heavy atom. The average Bonchev–Trinajstić information content (AvgIpc) is 2.73. The van der Waals surface area contributed by atoms with Crippen LogP contribution in [0.4, 0.5) is 17.1 Å². The van der Waals surface area contributed by atoms with Gasteiger partial charge >= 0.3 is 0 Å². The normalized spacial score (nSPS) is 10.4. The van der Waals surface area contributed by atoms with Crippen molar-refractivity contribution in [2.45, 2.75) is 6.92 Å². The molecular formula is C20H24N4O6. The molecule has 0 radical (unpaired) electrons. The van der Waals surface area contributed by atoms with E-state index in [0.717, 1.165) is 0 Å². The van der Waals surface area contributed by atoms with E-state index < -0.39 is 10.8 Å². The molecule has 10 heteroatoms. The maximum absolute atomic E-state index is 12.4. The number of nitrogens with one attached hydrogen (secondary N) is 2. The Labute approximate surface area is 173 Å². The third kappa shape index (κ3) is 6.45. The fourth-order valence-electron chi connectivity index (χ4n) is 2.65. The van der Waals surface area contributed by atoms with Crippen LogP contribution in [0.15, 0.2) is 42.5 Å². The van der Waals surface area contributed by atoms with Gasteiger partial charge in [-0.1, -0.05) is 6.92 Å². The van der Waals surface area contributed by atoms with Crippen LogP contribution in [-0.4, -0.2) is 55.5 Å². The first-order valence-electron chi connectivity index (χ1n) is 9.14. The number of hydrogen-bond donors (Lipinski definition) is 2. The number of carbonyl (C=O) groups excluding carboxylic acids is 2. The molecule has 0 unspecified atom stereocenters. The van der Waals surface area contributed by atoms with E-state index in [4.69, 9.17) is 9.47 Å². The molecular weight excluding hydrogens is 392 g/mol. The molecule has 0 aliphatic heterocycles. The number of methoxy groups -OCH3 is 2. The molecule has 30 heavy (non-hydrogen) atoms. The summed E-state index contributed by atoms with van der Waals surface area (Å²) >= 11 is 0. The maximum Gasteiger partial charge on any atom is 0.296 e. The van der Waals surface area contributed by atoms with Crippen molar-refractivity contribution in [2.24, 2.45) is 0 Å². The Bertz CT molecular complexity index is 901. The average molecular weight is 416 g/mol. The van der Waals surface area contributed by atoms with Crippen LogP contribution in [0.5, 0.6) is 11.5 Å². The van der Waals surface area contributed by atoms with Gasteiger partial charge in [-0.3, -0.25) is 24.6 Å². The largest absolute Gasteiger partial charge is 0.497 e. The van der Waals surface area contributed by atoms with Crippen LogP contribution in [0.2, 0.25) is 0 Å². The van der Waals surface area contributed by atoms with E-state index in [9.17, 15) is 19.7 Å². The lowest BCUT2D eigenvalue weighted by molar-refractivity contribution is -0.384. The first-order chi connectivity index (χ1) is 14.4. The summed E-state index contributed by atoms with van der Waals surface area (Å²) in [5.74, 6) is 0.227. The first kappa shape index (κ1) is 22.6. The number of carbonyl (C=O) groups is 2. The highest BCUT2D eigenvalue weighted by molar-refractivity contribution is 5.96. The monoisotopic (exact) mass is 416 g/mol. The van der Waals surface area contributed by atoms with E-state index in [1.807, 2.05) is 6.92 Å². The van der Waals surface area contributed by atoms with Crippen LogP contribution in [-0.2, 0) is 9.59 Å². The van der Waals surface area contributed by atoms with Crippen molar-refractivity contribution in [3.63, 3.8) is 0 Å². The van der Waals surface area contributed by atoms with E-state index in [0.29, 0.717) is 23.7 Å². The third-order valence-corrected chi connectivity index (χ3v) is 4.23. The molecule has 2 aromatic carbocycles. The van der Waals surface area contributed by atoms with E-state index in [-0.39, 0.29) is 30.4 Å². The molecule has 0 saturated carbocycles. The molecule has 0 saturated heterocycles. The van der Waals surface area contributed by atoms with Gasteiger partial charge in [-0.2, -0.15) is 0 Å². The van der Waals surface area contributed by atoms with Crippen LogP contribution in [0, 0.1) is 10.1 Å². The number of nitrogens with zero attached hydrogens (tertiary/aromatic N) is 2. The summed E-state index contributed by atoms with van der Waals surface area (Å²) in [5, 5.41) is 16.5. The number of rotatable bonds is 10. The quantitative estimate of drug-likeness (QED) is 0.451. The minimum atomic E-state index is -0.599. The predicted octanol–water partition coefficient (Wildman–Crippen LogP) is 2.51. The third-order valence-electron chi connectivity index (χ3n) is 4.23. The molecule has 10 nitrogen and oxygen atoms in total. The SMILES string of the molecule is CCN(CC(=O)Nc1ccc(OC)cc1)CC(=O)Nc1ccc(OC)cc1[N+](=O)[O-]. The zero-order valence-corrected chi connectivity index (χ0v) is 17.0. The topological polar surface area (TPSA) is 123 Å². The summed E-state index contributed by atoms with van der Waals surface area (Å²) < 4.78 is 10.0. The van der Waals surface area contributed by atoms with Gasteiger partial charge in [-0.05, 0) is 42.9 Å². The molecule has 2 aromatic rings. The molecule has 0 fully saturated rings. The summed E-state index contributed by atoms with van der Waals surface area (Å²) in [7, 11) is 2.95. The number of benzene rings is 2. The standard InChI is InChI=1S/C20H24N4O6/c1-4-23(12-19(25)21-14-5-7-15(29-2)8-6-14)13-20(26)22-17-10-9-16(30-3)11-18(17)24(27)28/h5-11H,4,12-13H2,1-3H3,(H,21,25)(H,22,26). The lowest BCUT2D eigenvalue weighted by atomic mass is 10.2. The molecule has 0 bridgehead atoms. The van der Waals surface area contributed by atoms with Gasteiger partial charge in [0.1, 0.15) is 17.2 Å². The Morgan fingerprint density at radius 2 is 1.53 bits per heavy atom. The highest BCUT2D eigenvalue weighted by atomic mass is 16.6. The van der Waals surface area contributed by atoms with Crippen molar-refractivity contribution >= 4 is 28.9 Å². The molecule has 2 rings (SSSR count). The molecule has 2 N–H and O–H groups in total. The summed E-state index contributed by atoms with van der Waals surface area (Å²) in [6.07, 6.45) is 0. The minimum absolute atomic E-state index is 0.0132. The number of hydrogen-bond acceptors (Lipinski definition) is 7. The second-order valence-electron chi connectivity index (χ2n) is 6.27. The van der Waals surface area contributed by atoms with Crippen LogP contribution < -0.4 is 20.1 Å². The number of ether oxygens (including phenoxy) is 2. The van der Waals surface area contributed by atoms with Gasteiger partial charge in [-0.25, -0.2) is 0 Å². The second-order valence-corrected chi connectivity index (χ2v) is 6.27. The van der Waals surface area contributed by atoms with E-state index in [1.165, 1.54) is 25.3 Å². The fraction of sp³-hybridized carbons (Fsp3) is 0.300. The highest BCUT2D eigenvalue weighted by Crippen LogP contribution is 2.28. The summed E-state index contributed by atoms with van der Waals surface area (Å²) in [5.41, 5.74) is 0.391. The van der Waals surface area contributed by atoms with E-state index >= 15 is 0 Å². The van der Waals surface area contributed by atoms with Crippen LogP contribution in [0.25, 0.3) is 0 Å². The van der Waals surface area contributed by atoms with Gasteiger partial charge < -0.3 is 20.1 Å². The Kier molecular flexibility index (Phi) is 8.12. The van der Waals surface area contributed by atoms with Gasteiger partial charge in [0.25, 0.3) is 5.69 Å². The summed E-state index contributed by atoms with van der Waals surface area (Å²) in [6.45, 7) is 2.13. The lowest BCUT2D eigenvalue weighted by Crippen LogP contribution is -2.38. The predicted molar refractivity (Wildman–Crippen MR) is 112 cm³/mol. The van der Waals surface area contributed by atoms with Crippen molar-refractivity contribution in [1.29, 1.82) is 0 Å². The van der Waals surface area contributed by atoms with Crippen LogP contribution in [0.1, 0.15) is 6.92 Å². The van der Waals surface area contributed by atoms with Crippen LogP contribution >= 0.6 is 0 Å².